The van der Waals surface area contributed by atoms with Crippen LogP contribution in [0.15, 0.2) is 29.1 Å². The molecule has 1 aliphatic heterocycles. The fourth-order valence-corrected chi connectivity index (χ4v) is 4.84. The van der Waals surface area contributed by atoms with Crippen LogP contribution in [0.2, 0.25) is 0 Å². The van der Waals surface area contributed by atoms with Gasteiger partial charge in [0, 0.05) is 35.7 Å². The smallest absolute Gasteiger partial charge is 0.410 e. The molecule has 3 aromatic heterocycles. The molecular weight excluding hydrogens is 416 g/mol. The first-order valence-corrected chi connectivity index (χ1v) is 11.0. The number of nitrogen functional groups attached to an aromatic ring is 1. The van der Waals surface area contributed by atoms with E-state index >= 15 is 0 Å². The predicted molar refractivity (Wildman–Crippen MR) is 120 cm³/mol. The SMILES string of the molecule is CC(C)(C)OC(=O)N1CCC(c2cc(-c3ccoc3)c3c(N)c(C(N)=O)sc3n2)CC1. The highest BCUT2D eigenvalue weighted by Crippen LogP contribution is 2.41. The van der Waals surface area contributed by atoms with E-state index in [1.807, 2.05) is 32.9 Å². The largest absolute Gasteiger partial charge is 0.472 e. The zero-order valence-electron chi connectivity index (χ0n) is 17.8. The first kappa shape index (κ1) is 21.2. The Morgan fingerprint density at radius 1 is 1.29 bits per heavy atom. The van der Waals surface area contributed by atoms with Crippen LogP contribution < -0.4 is 11.5 Å². The van der Waals surface area contributed by atoms with Crippen molar-refractivity contribution in [3.63, 3.8) is 0 Å². The van der Waals surface area contributed by atoms with Crippen molar-refractivity contribution in [2.75, 3.05) is 18.8 Å². The van der Waals surface area contributed by atoms with Crippen molar-refractivity contribution < 1.29 is 18.7 Å². The summed E-state index contributed by atoms with van der Waals surface area (Å²) in [5.41, 5.74) is 14.2. The quantitative estimate of drug-likeness (QED) is 0.621. The standard InChI is InChI=1S/C22H26N4O4S/c1-22(2,3)30-21(28)26-7-4-12(5-8-26)15-10-14(13-6-9-29-11-13)16-17(23)18(19(24)27)31-20(16)25-15/h6,9-12H,4-5,7-8,23H2,1-3H3,(H2,24,27). The van der Waals surface area contributed by atoms with Gasteiger partial charge in [0.05, 0.1) is 18.2 Å². The first-order chi connectivity index (χ1) is 14.6. The molecule has 4 heterocycles. The van der Waals surface area contributed by atoms with Gasteiger partial charge in [0.25, 0.3) is 5.91 Å². The Morgan fingerprint density at radius 2 is 2.00 bits per heavy atom. The van der Waals surface area contributed by atoms with Gasteiger partial charge in [-0.25, -0.2) is 9.78 Å². The average molecular weight is 443 g/mol. The summed E-state index contributed by atoms with van der Waals surface area (Å²) in [4.78, 5) is 31.8. The molecule has 0 aliphatic carbocycles. The molecule has 0 bridgehead atoms. The summed E-state index contributed by atoms with van der Waals surface area (Å²) in [6, 6.07) is 3.86. The van der Waals surface area contributed by atoms with Crippen molar-refractivity contribution in [3.05, 3.63) is 35.2 Å². The van der Waals surface area contributed by atoms with E-state index in [1.165, 1.54) is 11.3 Å². The number of likely N-dealkylation sites (tertiary alicyclic amines) is 1. The lowest BCUT2D eigenvalue weighted by Gasteiger charge is -2.33. The molecule has 1 saturated heterocycles. The molecule has 2 amide bonds. The summed E-state index contributed by atoms with van der Waals surface area (Å²) >= 11 is 1.21. The van der Waals surface area contributed by atoms with Crippen molar-refractivity contribution in [1.29, 1.82) is 0 Å². The molecule has 0 radical (unpaired) electrons. The number of fused-ring (bicyclic) bond motifs is 1. The van der Waals surface area contributed by atoms with Gasteiger partial charge in [-0.1, -0.05) is 0 Å². The third kappa shape index (κ3) is 4.23. The Kier molecular flexibility index (Phi) is 5.38. The minimum Gasteiger partial charge on any atom is -0.472 e. The zero-order chi connectivity index (χ0) is 22.3. The maximum atomic E-state index is 12.4. The highest BCUT2D eigenvalue weighted by molar-refractivity contribution is 7.21. The molecule has 0 aromatic carbocycles. The molecule has 0 atom stereocenters. The predicted octanol–water partition coefficient (Wildman–Crippen LogP) is 4.35. The summed E-state index contributed by atoms with van der Waals surface area (Å²) in [5, 5.41) is 0.718. The number of furan rings is 1. The Bertz CT molecular complexity index is 1120. The normalized spacial score (nSPS) is 15.4. The number of nitrogens with two attached hydrogens (primary N) is 2. The van der Waals surface area contributed by atoms with Crippen LogP contribution in [0.25, 0.3) is 21.3 Å². The van der Waals surface area contributed by atoms with Gasteiger partial charge in [0.2, 0.25) is 0 Å². The summed E-state index contributed by atoms with van der Waals surface area (Å²) in [6.45, 7) is 6.78. The third-order valence-corrected chi connectivity index (χ3v) is 6.45. The second kappa shape index (κ2) is 7.88. The van der Waals surface area contributed by atoms with Crippen molar-refractivity contribution in [2.24, 2.45) is 5.73 Å². The van der Waals surface area contributed by atoms with Gasteiger partial charge in [-0.15, -0.1) is 11.3 Å². The molecule has 1 fully saturated rings. The first-order valence-electron chi connectivity index (χ1n) is 10.2. The van der Waals surface area contributed by atoms with Gasteiger partial charge in [-0.2, -0.15) is 0 Å². The number of anilines is 1. The minimum absolute atomic E-state index is 0.175. The van der Waals surface area contributed by atoms with E-state index < -0.39 is 11.5 Å². The van der Waals surface area contributed by atoms with Crippen LogP contribution in [0, 0.1) is 0 Å². The number of hydrogen-bond donors (Lipinski definition) is 2. The maximum Gasteiger partial charge on any atom is 0.410 e. The fraction of sp³-hybridized carbons (Fsp3) is 0.409. The van der Waals surface area contributed by atoms with Crippen LogP contribution in [0.4, 0.5) is 10.5 Å². The average Bonchev–Trinajstić information content (AvgIpc) is 3.35. The zero-order valence-corrected chi connectivity index (χ0v) is 18.6. The molecule has 0 spiro atoms. The fourth-order valence-electron chi connectivity index (χ4n) is 3.86. The van der Waals surface area contributed by atoms with Gasteiger partial charge >= 0.3 is 6.09 Å². The lowest BCUT2D eigenvalue weighted by molar-refractivity contribution is 0.0204. The van der Waals surface area contributed by atoms with E-state index in [1.54, 1.807) is 17.4 Å². The van der Waals surface area contributed by atoms with Gasteiger partial charge < -0.3 is 25.5 Å². The van der Waals surface area contributed by atoms with Crippen molar-refractivity contribution in [1.82, 2.24) is 9.88 Å². The van der Waals surface area contributed by atoms with E-state index in [9.17, 15) is 9.59 Å². The van der Waals surface area contributed by atoms with E-state index in [4.69, 9.17) is 25.6 Å². The summed E-state index contributed by atoms with van der Waals surface area (Å²) in [6.07, 6.45) is 4.49. The van der Waals surface area contributed by atoms with Crippen LogP contribution in [-0.4, -0.2) is 40.6 Å². The molecule has 4 rings (SSSR count). The highest BCUT2D eigenvalue weighted by atomic mass is 32.1. The Morgan fingerprint density at radius 3 is 2.58 bits per heavy atom. The summed E-state index contributed by atoms with van der Waals surface area (Å²) < 4.78 is 10.8. The second-order valence-electron chi connectivity index (χ2n) is 8.74. The molecule has 8 nitrogen and oxygen atoms in total. The number of aromatic nitrogens is 1. The summed E-state index contributed by atoms with van der Waals surface area (Å²) in [7, 11) is 0. The van der Waals surface area contributed by atoms with Gasteiger partial charge in [-0.05, 0) is 51.3 Å². The van der Waals surface area contributed by atoms with Crippen molar-refractivity contribution >= 4 is 39.2 Å². The van der Waals surface area contributed by atoms with Crippen molar-refractivity contribution in [3.8, 4) is 11.1 Å². The van der Waals surface area contributed by atoms with Crippen LogP contribution in [0.1, 0.15) is 54.9 Å². The van der Waals surface area contributed by atoms with Crippen LogP contribution in [0.5, 0.6) is 0 Å². The molecule has 164 valence electrons. The highest BCUT2D eigenvalue weighted by Gasteiger charge is 2.29. The van der Waals surface area contributed by atoms with E-state index in [2.05, 4.69) is 0 Å². The van der Waals surface area contributed by atoms with Crippen LogP contribution in [0.3, 0.4) is 0 Å². The Balaban J connectivity index is 1.65. The number of rotatable bonds is 3. The van der Waals surface area contributed by atoms with Crippen LogP contribution in [-0.2, 0) is 4.74 Å². The van der Waals surface area contributed by atoms with Gasteiger partial charge in [0.15, 0.2) is 0 Å². The molecule has 3 aromatic rings. The number of ether oxygens (including phenoxy) is 1. The second-order valence-corrected chi connectivity index (χ2v) is 9.74. The number of hydrogen-bond acceptors (Lipinski definition) is 7. The summed E-state index contributed by atoms with van der Waals surface area (Å²) in [5.74, 6) is -0.389. The topological polar surface area (TPSA) is 125 Å². The van der Waals surface area contributed by atoms with Gasteiger partial charge in [0.1, 0.15) is 15.3 Å². The number of primary amides is 1. The number of piperidine rings is 1. The molecule has 9 heteroatoms. The molecule has 0 saturated carbocycles. The van der Waals surface area contributed by atoms with E-state index in [-0.39, 0.29) is 12.0 Å². The number of carbonyl (C=O) groups excluding carboxylic acids is 2. The third-order valence-electron chi connectivity index (χ3n) is 5.34. The molecule has 31 heavy (non-hydrogen) atoms. The molecular formula is C22H26N4O4S. The maximum absolute atomic E-state index is 12.4. The Labute approximate surface area is 184 Å². The number of amides is 2. The van der Waals surface area contributed by atoms with Crippen molar-refractivity contribution in [2.45, 2.75) is 45.1 Å². The number of pyridine rings is 1. The van der Waals surface area contributed by atoms with E-state index in [0.29, 0.717) is 28.5 Å². The number of nitrogens with zero attached hydrogens (tertiary/aromatic N) is 2. The van der Waals surface area contributed by atoms with Gasteiger partial charge in [-0.3, -0.25) is 4.79 Å². The lowest BCUT2D eigenvalue weighted by atomic mass is 9.91. The van der Waals surface area contributed by atoms with E-state index in [0.717, 1.165) is 35.0 Å². The number of thiophene rings is 1. The monoisotopic (exact) mass is 442 g/mol. The molecule has 0 unspecified atom stereocenters. The molecule has 1 aliphatic rings. The number of carbonyl (C=O) groups is 2. The molecule has 4 N–H and O–H groups in total. The Hall–Kier alpha value is -3.07. The lowest BCUT2D eigenvalue weighted by Crippen LogP contribution is -2.41. The minimum atomic E-state index is -0.564. The van der Waals surface area contributed by atoms with Crippen LogP contribution >= 0.6 is 11.3 Å².